The van der Waals surface area contributed by atoms with Crippen molar-refractivity contribution >= 4 is 51.0 Å². The van der Waals surface area contributed by atoms with Crippen LogP contribution in [0.2, 0.25) is 0 Å². The third-order valence-corrected chi connectivity index (χ3v) is 11.9. The predicted molar refractivity (Wildman–Crippen MR) is 249 cm³/mol. The number of carbonyl (C=O) groups excluding carboxylic acids is 2. The summed E-state index contributed by atoms with van der Waals surface area (Å²) in [7, 11) is 0. The van der Waals surface area contributed by atoms with E-state index < -0.39 is 24.1 Å². The van der Waals surface area contributed by atoms with Gasteiger partial charge in [-0.2, -0.15) is 16.6 Å². The molecule has 0 bridgehead atoms. The van der Waals surface area contributed by atoms with Gasteiger partial charge in [-0.25, -0.2) is 24.5 Å². The maximum Gasteiger partial charge on any atom is 0.396 e. The first kappa shape index (κ1) is 42.7. The Kier molecular flexibility index (Phi) is 13.5. The van der Waals surface area contributed by atoms with Crippen LogP contribution in [0.1, 0.15) is 34.5 Å². The quantitative estimate of drug-likeness (QED) is 0.0732. The number of rotatable bonds is 16. The second-order valence-electron chi connectivity index (χ2n) is 13.5. The molecule has 314 valence electrons. The van der Waals surface area contributed by atoms with Gasteiger partial charge in [-0.15, -0.1) is 11.3 Å². The van der Waals surface area contributed by atoms with E-state index in [2.05, 4.69) is 35.3 Å². The third kappa shape index (κ3) is 9.73. The number of thiophene rings is 3. The van der Waals surface area contributed by atoms with E-state index in [1.807, 2.05) is 70.7 Å². The van der Waals surface area contributed by atoms with Crippen LogP contribution < -0.4 is 9.47 Å². The van der Waals surface area contributed by atoms with E-state index in [0.29, 0.717) is 49.3 Å². The second-order valence-corrected chi connectivity index (χ2v) is 16.3. The minimum absolute atomic E-state index is 0.00387. The molecule has 0 amide bonds. The zero-order valence-corrected chi connectivity index (χ0v) is 36.2. The van der Waals surface area contributed by atoms with Gasteiger partial charge < -0.3 is 23.9 Å². The van der Waals surface area contributed by atoms with E-state index in [0.717, 1.165) is 16.0 Å². The molecule has 0 fully saturated rings. The van der Waals surface area contributed by atoms with E-state index in [9.17, 15) is 14.9 Å². The molecule has 0 radical (unpaired) electrons. The Bertz CT molecular complexity index is 3010. The number of carbonyl (C=O) groups is 2. The fourth-order valence-corrected chi connectivity index (χ4v) is 8.54. The Labute approximate surface area is 379 Å². The van der Waals surface area contributed by atoms with Gasteiger partial charge in [0.15, 0.2) is 5.56 Å². The van der Waals surface area contributed by atoms with Gasteiger partial charge in [0.1, 0.15) is 30.7 Å². The Hall–Kier alpha value is -7.95. The molecule has 0 aliphatic carbocycles. The normalized spacial score (nSPS) is 11.5. The van der Waals surface area contributed by atoms with Gasteiger partial charge >= 0.3 is 23.0 Å². The van der Waals surface area contributed by atoms with Gasteiger partial charge in [0.25, 0.3) is 0 Å². The number of hydrogen-bond donors (Lipinski definition) is 1. The van der Waals surface area contributed by atoms with Crippen LogP contribution in [-0.2, 0) is 19.1 Å². The highest BCUT2D eigenvalue weighted by atomic mass is 32.1. The van der Waals surface area contributed by atoms with Crippen molar-refractivity contribution in [2.45, 2.75) is 12.2 Å². The summed E-state index contributed by atoms with van der Waals surface area (Å²) in [5.41, 5.74) is 4.63. The molecule has 0 spiro atoms. The van der Waals surface area contributed by atoms with Crippen LogP contribution in [0.4, 0.5) is 5.00 Å². The highest BCUT2D eigenvalue weighted by molar-refractivity contribution is 7.19. The van der Waals surface area contributed by atoms with Gasteiger partial charge in [0, 0.05) is 40.7 Å². The van der Waals surface area contributed by atoms with Crippen molar-refractivity contribution in [3.63, 3.8) is 0 Å². The van der Waals surface area contributed by atoms with Crippen molar-refractivity contribution < 1.29 is 28.5 Å². The standard InChI is InChI=1S/C49H35N6O6S3/c1-3-22-58-48(56)43(31-12-7-5-8-13-31)60-46-36(28-50)35(45-51-20-21-52-45)27-39(55-46)41-17-18-42(64-41)53-29-37-34(33-19-25-62-30-33)26-38(40-16-11-24-63-40)54-47(37)61-44(49(57)59-23-4-2)32-14-9-6-10-15-32/h3-21,24-27,30,43-44H,1-2,22-23H2,(H,51,52)/q+1. The van der Waals surface area contributed by atoms with E-state index in [4.69, 9.17) is 33.8 Å². The average Bonchev–Trinajstić information content (AvgIpc) is 4.20. The van der Waals surface area contributed by atoms with Crippen LogP contribution in [0.25, 0.3) is 48.5 Å². The SMILES string of the molecule is C=CCOC(=O)C(Oc1nc(-c2cccs2)cc(-c2ccsc2)c1C#[N+]c1ccc(-c2cc(-c3ncc[nH]3)c(C#N)c(OC(C(=O)OCC=C)c3ccccc3)n2)s1)c1ccccc1. The van der Waals surface area contributed by atoms with Gasteiger partial charge in [0.2, 0.25) is 24.0 Å². The number of imidazole rings is 1. The lowest BCUT2D eigenvalue weighted by molar-refractivity contribution is -0.152. The summed E-state index contributed by atoms with van der Waals surface area (Å²) in [6, 6.07) is 36.5. The number of pyridine rings is 2. The van der Waals surface area contributed by atoms with Gasteiger partial charge in [0.05, 0.1) is 21.1 Å². The largest absolute Gasteiger partial charge is 0.458 e. The fourth-order valence-electron chi connectivity index (χ4n) is 6.40. The van der Waals surface area contributed by atoms with Crippen LogP contribution >= 0.6 is 34.0 Å². The Morgan fingerprint density at radius 2 is 1.41 bits per heavy atom. The Balaban J connectivity index is 1.23. The molecular formula is C49H35N6O6S3+. The maximum atomic E-state index is 13.6. The zero-order chi connectivity index (χ0) is 44.3. The lowest BCUT2D eigenvalue weighted by atomic mass is 10.0. The minimum atomic E-state index is -1.25. The second kappa shape index (κ2) is 20.3. The number of esters is 2. The molecule has 8 aromatic rings. The molecule has 0 aliphatic heterocycles. The molecule has 2 atom stereocenters. The van der Waals surface area contributed by atoms with Crippen molar-refractivity contribution in [2.75, 3.05) is 13.2 Å². The summed E-state index contributed by atoms with van der Waals surface area (Å²) < 4.78 is 23.8. The molecule has 2 aromatic carbocycles. The zero-order valence-electron chi connectivity index (χ0n) is 33.7. The first-order valence-corrected chi connectivity index (χ1v) is 22.2. The number of benzene rings is 2. The van der Waals surface area contributed by atoms with E-state index in [-0.39, 0.29) is 30.5 Å². The molecule has 12 nitrogen and oxygen atoms in total. The molecule has 64 heavy (non-hydrogen) atoms. The van der Waals surface area contributed by atoms with Crippen LogP contribution in [0, 0.1) is 17.4 Å². The molecule has 8 rings (SSSR count). The summed E-state index contributed by atoms with van der Waals surface area (Å²) >= 11 is 4.35. The summed E-state index contributed by atoms with van der Waals surface area (Å²) in [4.78, 5) is 50.6. The number of nitriles is 1. The van der Waals surface area contributed by atoms with Gasteiger partial charge in [-0.3, -0.25) is 0 Å². The summed E-state index contributed by atoms with van der Waals surface area (Å²) in [6.45, 7) is 7.29. The first-order chi connectivity index (χ1) is 31.4. The number of H-pyrrole nitrogens is 1. The maximum absolute atomic E-state index is 13.6. The lowest BCUT2D eigenvalue weighted by Gasteiger charge is -2.19. The van der Waals surface area contributed by atoms with E-state index in [1.54, 1.807) is 60.9 Å². The lowest BCUT2D eigenvalue weighted by Crippen LogP contribution is -2.22. The van der Waals surface area contributed by atoms with E-state index >= 15 is 0 Å². The molecule has 0 saturated carbocycles. The molecule has 0 saturated heterocycles. The fraction of sp³-hybridized carbons (Fsp3) is 0.0816. The monoisotopic (exact) mass is 899 g/mol. The average molecular weight is 900 g/mol. The Morgan fingerprint density at radius 3 is 1.97 bits per heavy atom. The number of nitrogens with zero attached hydrogens (tertiary/aromatic N) is 5. The minimum Gasteiger partial charge on any atom is -0.458 e. The van der Waals surface area contributed by atoms with Crippen LogP contribution in [-0.4, -0.2) is 45.1 Å². The molecule has 6 aromatic heterocycles. The molecule has 2 unspecified atom stereocenters. The number of ether oxygens (including phenoxy) is 4. The highest BCUT2D eigenvalue weighted by Gasteiger charge is 2.31. The molecule has 15 heteroatoms. The van der Waals surface area contributed by atoms with Crippen molar-refractivity contribution in [3.8, 4) is 67.6 Å². The van der Waals surface area contributed by atoms with Crippen molar-refractivity contribution in [1.82, 2.24) is 19.9 Å². The predicted octanol–water partition coefficient (Wildman–Crippen LogP) is 11.6. The smallest absolute Gasteiger partial charge is 0.396 e. The third-order valence-electron chi connectivity index (χ3n) is 9.34. The van der Waals surface area contributed by atoms with Crippen LogP contribution in [0.3, 0.4) is 0 Å². The van der Waals surface area contributed by atoms with E-state index in [1.165, 1.54) is 46.2 Å². The summed E-state index contributed by atoms with van der Waals surface area (Å²) in [5.74, 6) is -0.882. The summed E-state index contributed by atoms with van der Waals surface area (Å²) in [5, 5.41) is 16.9. The van der Waals surface area contributed by atoms with Crippen molar-refractivity contribution in [2.24, 2.45) is 0 Å². The molecule has 0 aliphatic rings. The summed E-state index contributed by atoms with van der Waals surface area (Å²) in [6.07, 6.45) is 3.73. The number of hydrogen-bond acceptors (Lipinski definition) is 13. The van der Waals surface area contributed by atoms with Crippen molar-refractivity contribution in [1.29, 1.82) is 5.26 Å². The Morgan fingerprint density at radius 1 is 0.766 bits per heavy atom. The van der Waals surface area contributed by atoms with Gasteiger partial charge in [-0.05, 0) is 68.2 Å². The molecule has 1 N–H and O–H groups in total. The van der Waals surface area contributed by atoms with Crippen LogP contribution in [0.15, 0.2) is 157 Å². The number of aromatic amines is 1. The number of aromatic nitrogens is 4. The van der Waals surface area contributed by atoms with Crippen LogP contribution in [0.5, 0.6) is 11.8 Å². The highest BCUT2D eigenvalue weighted by Crippen LogP contribution is 2.41. The van der Waals surface area contributed by atoms with Crippen molar-refractivity contribution in [3.05, 3.63) is 184 Å². The molecular weight excluding hydrogens is 865 g/mol. The first-order valence-electron chi connectivity index (χ1n) is 19.6. The topological polar surface area (TPSA) is 154 Å². The van der Waals surface area contributed by atoms with Gasteiger partial charge in [-0.1, -0.05) is 92.0 Å². The number of nitrogens with one attached hydrogen (secondary N) is 1. The molecule has 6 heterocycles.